The van der Waals surface area contributed by atoms with Gasteiger partial charge in [-0.2, -0.15) is 0 Å². The molecule has 2 N–H and O–H groups in total. The lowest BCUT2D eigenvalue weighted by atomic mass is 9.90. The molecular weight excluding hydrogens is 277 g/mol. The van der Waals surface area contributed by atoms with Crippen LogP contribution in [0.2, 0.25) is 0 Å². The number of fused-ring (bicyclic) bond motifs is 1. The van der Waals surface area contributed by atoms with E-state index in [1.54, 1.807) is 18.2 Å². The SMILES string of the molecule is NC(c1ccc(F)c2ccccc12)C1CCS(=O)(=O)C1. The lowest BCUT2D eigenvalue weighted by molar-refractivity contribution is 0.482. The van der Waals surface area contributed by atoms with Gasteiger partial charge in [-0.3, -0.25) is 0 Å². The Hall–Kier alpha value is -1.46. The minimum absolute atomic E-state index is 0.0890. The van der Waals surface area contributed by atoms with Crippen LogP contribution in [0.3, 0.4) is 0 Å². The van der Waals surface area contributed by atoms with Gasteiger partial charge in [-0.15, -0.1) is 0 Å². The molecule has 1 heterocycles. The van der Waals surface area contributed by atoms with Crippen molar-refractivity contribution in [3.05, 3.63) is 47.8 Å². The molecule has 0 saturated carbocycles. The molecule has 0 radical (unpaired) electrons. The molecule has 1 fully saturated rings. The van der Waals surface area contributed by atoms with Crippen LogP contribution in [0.15, 0.2) is 36.4 Å². The third-order valence-electron chi connectivity index (χ3n) is 4.04. The summed E-state index contributed by atoms with van der Waals surface area (Å²) in [7, 11) is -2.96. The summed E-state index contributed by atoms with van der Waals surface area (Å²) in [6.07, 6.45) is 0.579. The fourth-order valence-electron chi connectivity index (χ4n) is 2.94. The number of halogens is 1. The predicted molar refractivity (Wildman–Crippen MR) is 77.6 cm³/mol. The van der Waals surface area contributed by atoms with Gasteiger partial charge in [0.05, 0.1) is 11.5 Å². The maximum absolute atomic E-state index is 13.8. The number of hydrogen-bond acceptors (Lipinski definition) is 3. The normalized spacial score (nSPS) is 23.0. The van der Waals surface area contributed by atoms with Crippen molar-refractivity contribution in [1.29, 1.82) is 0 Å². The van der Waals surface area contributed by atoms with E-state index in [1.807, 2.05) is 12.1 Å². The van der Waals surface area contributed by atoms with Crippen LogP contribution < -0.4 is 5.73 Å². The number of hydrogen-bond donors (Lipinski definition) is 1. The van der Waals surface area contributed by atoms with Crippen molar-refractivity contribution in [3.8, 4) is 0 Å². The molecule has 1 aliphatic heterocycles. The Morgan fingerprint density at radius 2 is 1.85 bits per heavy atom. The molecule has 3 rings (SSSR count). The fourth-order valence-corrected chi connectivity index (χ4v) is 4.79. The highest BCUT2D eigenvalue weighted by atomic mass is 32.2. The molecule has 0 bridgehead atoms. The minimum atomic E-state index is -2.96. The molecule has 2 atom stereocenters. The van der Waals surface area contributed by atoms with Gasteiger partial charge < -0.3 is 5.73 Å². The van der Waals surface area contributed by atoms with Gasteiger partial charge in [-0.25, -0.2) is 12.8 Å². The van der Waals surface area contributed by atoms with E-state index in [0.29, 0.717) is 11.8 Å². The topological polar surface area (TPSA) is 60.2 Å². The summed E-state index contributed by atoms with van der Waals surface area (Å²) in [5, 5.41) is 1.30. The lowest BCUT2D eigenvalue weighted by Gasteiger charge is -2.20. The van der Waals surface area contributed by atoms with Gasteiger partial charge in [0.1, 0.15) is 5.82 Å². The van der Waals surface area contributed by atoms with E-state index >= 15 is 0 Å². The third kappa shape index (κ3) is 2.31. The standard InChI is InChI=1S/C15H16FNO2S/c16-14-6-5-13(11-3-1-2-4-12(11)14)15(17)10-7-8-20(18,19)9-10/h1-6,10,15H,7-9,17H2. The Bertz CT molecular complexity index is 758. The quantitative estimate of drug-likeness (QED) is 0.925. The zero-order valence-electron chi connectivity index (χ0n) is 10.9. The molecule has 0 amide bonds. The molecule has 5 heteroatoms. The van der Waals surface area contributed by atoms with Crippen LogP contribution in [0.4, 0.5) is 4.39 Å². The molecule has 0 aromatic heterocycles. The van der Waals surface area contributed by atoms with Gasteiger partial charge in [-0.05, 0) is 29.4 Å². The second-order valence-electron chi connectivity index (χ2n) is 5.37. The first-order valence-corrected chi connectivity index (χ1v) is 8.43. The second-order valence-corrected chi connectivity index (χ2v) is 7.60. The highest BCUT2D eigenvalue weighted by Crippen LogP contribution is 2.34. The third-order valence-corrected chi connectivity index (χ3v) is 5.83. The maximum Gasteiger partial charge on any atom is 0.150 e. The van der Waals surface area contributed by atoms with Crippen molar-refractivity contribution in [2.75, 3.05) is 11.5 Å². The summed E-state index contributed by atoms with van der Waals surface area (Å²) >= 11 is 0. The molecule has 20 heavy (non-hydrogen) atoms. The van der Waals surface area contributed by atoms with Crippen LogP contribution in [0.25, 0.3) is 10.8 Å². The van der Waals surface area contributed by atoms with E-state index in [4.69, 9.17) is 5.73 Å². The van der Waals surface area contributed by atoms with Crippen LogP contribution in [-0.4, -0.2) is 19.9 Å². The first-order valence-electron chi connectivity index (χ1n) is 6.61. The summed E-state index contributed by atoms with van der Waals surface area (Å²) in [5.74, 6) is -0.0471. The average Bonchev–Trinajstić information content (AvgIpc) is 2.79. The van der Waals surface area contributed by atoms with Crippen molar-refractivity contribution in [3.63, 3.8) is 0 Å². The fraction of sp³-hybridized carbons (Fsp3) is 0.333. The van der Waals surface area contributed by atoms with Crippen molar-refractivity contribution >= 4 is 20.6 Å². The molecule has 1 aliphatic rings. The summed E-state index contributed by atoms with van der Waals surface area (Å²) in [5.41, 5.74) is 7.07. The molecule has 0 aliphatic carbocycles. The van der Waals surface area contributed by atoms with E-state index in [0.717, 1.165) is 10.9 Å². The lowest BCUT2D eigenvalue weighted by Crippen LogP contribution is -2.22. The largest absolute Gasteiger partial charge is 0.324 e. The number of benzene rings is 2. The Kier molecular flexibility index (Phi) is 3.26. The van der Waals surface area contributed by atoms with E-state index in [1.165, 1.54) is 6.07 Å². The highest BCUT2D eigenvalue weighted by Gasteiger charge is 2.33. The smallest absolute Gasteiger partial charge is 0.150 e. The first kappa shape index (κ1) is 13.5. The molecule has 3 nitrogen and oxygen atoms in total. The van der Waals surface area contributed by atoms with Gasteiger partial charge in [0.2, 0.25) is 0 Å². The molecule has 106 valence electrons. The summed E-state index contributed by atoms with van der Waals surface area (Å²) in [6.45, 7) is 0. The summed E-state index contributed by atoms with van der Waals surface area (Å²) < 4.78 is 37.0. The zero-order valence-corrected chi connectivity index (χ0v) is 11.7. The molecule has 2 unspecified atom stereocenters. The van der Waals surface area contributed by atoms with E-state index in [2.05, 4.69) is 0 Å². The Morgan fingerprint density at radius 3 is 2.50 bits per heavy atom. The molecule has 0 spiro atoms. The van der Waals surface area contributed by atoms with Crippen molar-refractivity contribution < 1.29 is 12.8 Å². The van der Waals surface area contributed by atoms with Gasteiger partial charge in [0.15, 0.2) is 9.84 Å². The first-order chi connectivity index (χ1) is 9.48. The molecular formula is C15H16FNO2S. The monoisotopic (exact) mass is 293 g/mol. The number of sulfone groups is 1. The van der Waals surface area contributed by atoms with Crippen LogP contribution >= 0.6 is 0 Å². The number of rotatable bonds is 2. The maximum atomic E-state index is 13.8. The number of nitrogens with two attached hydrogens (primary N) is 1. The highest BCUT2D eigenvalue weighted by molar-refractivity contribution is 7.91. The van der Waals surface area contributed by atoms with Crippen molar-refractivity contribution in [1.82, 2.24) is 0 Å². The van der Waals surface area contributed by atoms with Gasteiger partial charge in [0.25, 0.3) is 0 Å². The van der Waals surface area contributed by atoms with E-state index < -0.39 is 9.84 Å². The summed E-state index contributed by atoms with van der Waals surface area (Å²) in [4.78, 5) is 0. The van der Waals surface area contributed by atoms with Crippen molar-refractivity contribution in [2.24, 2.45) is 11.7 Å². The van der Waals surface area contributed by atoms with Crippen LogP contribution in [0.5, 0.6) is 0 Å². The van der Waals surface area contributed by atoms with Gasteiger partial charge >= 0.3 is 0 Å². The van der Waals surface area contributed by atoms with Gasteiger partial charge in [-0.1, -0.05) is 30.3 Å². The van der Waals surface area contributed by atoms with Gasteiger partial charge in [0, 0.05) is 11.4 Å². The Balaban J connectivity index is 2.04. The predicted octanol–water partition coefficient (Wildman–Crippen LogP) is 2.41. The van der Waals surface area contributed by atoms with E-state index in [9.17, 15) is 12.8 Å². The molecule has 2 aromatic carbocycles. The zero-order chi connectivity index (χ0) is 14.3. The summed E-state index contributed by atoms with van der Waals surface area (Å²) in [6, 6.07) is 9.86. The molecule has 2 aromatic rings. The van der Waals surface area contributed by atoms with Crippen molar-refractivity contribution in [2.45, 2.75) is 12.5 Å². The van der Waals surface area contributed by atoms with Crippen LogP contribution in [-0.2, 0) is 9.84 Å². The second kappa shape index (κ2) is 4.82. The Labute approximate surface area is 117 Å². The minimum Gasteiger partial charge on any atom is -0.324 e. The van der Waals surface area contributed by atoms with Crippen LogP contribution in [0.1, 0.15) is 18.0 Å². The molecule has 1 saturated heterocycles. The van der Waals surface area contributed by atoms with Crippen LogP contribution in [0, 0.1) is 11.7 Å². The van der Waals surface area contributed by atoms with E-state index in [-0.39, 0.29) is 29.3 Å². The Morgan fingerprint density at radius 1 is 1.15 bits per heavy atom. The average molecular weight is 293 g/mol.